The molecular formula is C22H20ClF3N4O3. The number of para-hydroxylation sites is 2. The summed E-state index contributed by atoms with van der Waals surface area (Å²) in [6, 6.07) is 15.8. The van der Waals surface area contributed by atoms with E-state index in [1.54, 1.807) is 0 Å². The lowest BCUT2D eigenvalue weighted by molar-refractivity contribution is -0.192. The normalized spacial score (nSPS) is 11.5. The third kappa shape index (κ3) is 6.10. The molecule has 4 aromatic rings. The fourth-order valence-electron chi connectivity index (χ4n) is 3.07. The number of halogens is 4. The SMILES string of the molecule is CC(C)c1nc2ccccc2n1Cc1nc(Cc2ccccc2Cl)no1.O=C(O)C(F)(F)F. The standard InChI is InChI=1S/C20H19ClN4O.C2HF3O2/c1-13(2)20-22-16-9-5-6-10-17(16)25(20)12-19-23-18(24-26-19)11-14-7-3-4-8-15(14)21;3-2(4,5)1(6)7/h3-10,13H,11-12H2,1-2H3;(H,6,7). The molecule has 0 amide bonds. The van der Waals surface area contributed by atoms with Gasteiger partial charge in [0.15, 0.2) is 5.82 Å². The second-order valence-electron chi connectivity index (χ2n) is 7.38. The predicted molar refractivity (Wildman–Crippen MR) is 115 cm³/mol. The first-order valence-corrected chi connectivity index (χ1v) is 10.2. The van der Waals surface area contributed by atoms with Crippen molar-refractivity contribution in [1.29, 1.82) is 0 Å². The van der Waals surface area contributed by atoms with E-state index in [1.807, 2.05) is 42.5 Å². The Morgan fingerprint density at radius 2 is 1.76 bits per heavy atom. The molecule has 33 heavy (non-hydrogen) atoms. The van der Waals surface area contributed by atoms with Crippen LogP contribution in [0.25, 0.3) is 11.0 Å². The summed E-state index contributed by atoms with van der Waals surface area (Å²) >= 11 is 6.22. The van der Waals surface area contributed by atoms with Crippen LogP contribution in [0.15, 0.2) is 53.1 Å². The van der Waals surface area contributed by atoms with Crippen molar-refractivity contribution in [1.82, 2.24) is 19.7 Å². The Hall–Kier alpha value is -3.40. The highest BCUT2D eigenvalue weighted by atomic mass is 35.5. The van der Waals surface area contributed by atoms with Gasteiger partial charge in [-0.15, -0.1) is 0 Å². The lowest BCUT2D eigenvalue weighted by atomic mass is 10.1. The average molecular weight is 481 g/mol. The number of hydrogen-bond donors (Lipinski definition) is 1. The molecule has 0 saturated heterocycles. The van der Waals surface area contributed by atoms with Gasteiger partial charge in [-0.2, -0.15) is 18.2 Å². The molecule has 0 aliphatic carbocycles. The minimum Gasteiger partial charge on any atom is -0.475 e. The summed E-state index contributed by atoms with van der Waals surface area (Å²) in [5.41, 5.74) is 3.03. The second-order valence-corrected chi connectivity index (χ2v) is 7.78. The van der Waals surface area contributed by atoms with Crippen LogP contribution >= 0.6 is 11.6 Å². The summed E-state index contributed by atoms with van der Waals surface area (Å²) in [5, 5.41) is 11.9. The fourth-order valence-corrected chi connectivity index (χ4v) is 3.28. The van der Waals surface area contributed by atoms with Gasteiger partial charge in [-0.1, -0.05) is 60.9 Å². The molecule has 0 bridgehead atoms. The molecular weight excluding hydrogens is 461 g/mol. The van der Waals surface area contributed by atoms with Gasteiger partial charge < -0.3 is 14.2 Å². The van der Waals surface area contributed by atoms with E-state index in [0.717, 1.165) is 22.4 Å². The van der Waals surface area contributed by atoms with Crippen LogP contribution in [0.5, 0.6) is 0 Å². The minimum absolute atomic E-state index is 0.299. The van der Waals surface area contributed by atoms with Crippen molar-refractivity contribution in [2.24, 2.45) is 0 Å². The Balaban J connectivity index is 0.000000383. The van der Waals surface area contributed by atoms with Crippen LogP contribution in [-0.2, 0) is 17.8 Å². The lowest BCUT2D eigenvalue weighted by Gasteiger charge is -2.08. The van der Waals surface area contributed by atoms with Crippen molar-refractivity contribution >= 4 is 28.6 Å². The van der Waals surface area contributed by atoms with Gasteiger partial charge in [-0.3, -0.25) is 0 Å². The molecule has 1 N–H and O–H groups in total. The number of fused-ring (bicyclic) bond motifs is 1. The summed E-state index contributed by atoms with van der Waals surface area (Å²) in [6.07, 6.45) is -4.54. The Labute approximate surface area is 191 Å². The molecule has 7 nitrogen and oxygen atoms in total. The van der Waals surface area contributed by atoms with E-state index in [1.165, 1.54) is 0 Å². The minimum atomic E-state index is -5.08. The number of alkyl halides is 3. The molecule has 2 aromatic carbocycles. The number of aromatic nitrogens is 4. The molecule has 4 rings (SSSR count). The molecule has 0 spiro atoms. The first-order valence-electron chi connectivity index (χ1n) is 9.86. The molecule has 0 radical (unpaired) electrons. The molecule has 0 unspecified atom stereocenters. The van der Waals surface area contributed by atoms with Gasteiger partial charge in [-0.05, 0) is 23.8 Å². The molecule has 0 atom stereocenters. The van der Waals surface area contributed by atoms with E-state index in [4.69, 9.17) is 31.0 Å². The number of aliphatic carboxylic acids is 1. The second kappa shape index (κ2) is 10.0. The first-order chi connectivity index (χ1) is 15.6. The van der Waals surface area contributed by atoms with Crippen molar-refractivity contribution in [3.05, 3.63) is 76.7 Å². The summed E-state index contributed by atoms with van der Waals surface area (Å²) in [5.74, 6) is -0.252. The molecule has 0 aliphatic heterocycles. The number of hydrogen-bond acceptors (Lipinski definition) is 5. The third-order valence-corrected chi connectivity index (χ3v) is 4.92. The highest BCUT2D eigenvalue weighted by Crippen LogP contribution is 2.23. The van der Waals surface area contributed by atoms with Crippen LogP contribution in [-0.4, -0.2) is 36.9 Å². The predicted octanol–water partition coefficient (Wildman–Crippen LogP) is 5.47. The molecule has 0 saturated carbocycles. The summed E-state index contributed by atoms with van der Waals surface area (Å²) in [4.78, 5) is 18.2. The number of benzene rings is 2. The van der Waals surface area contributed by atoms with Gasteiger partial charge in [0.2, 0.25) is 5.89 Å². The zero-order valence-corrected chi connectivity index (χ0v) is 18.4. The number of nitrogens with zero attached hydrogens (tertiary/aromatic N) is 4. The highest BCUT2D eigenvalue weighted by molar-refractivity contribution is 6.31. The lowest BCUT2D eigenvalue weighted by Crippen LogP contribution is -2.21. The van der Waals surface area contributed by atoms with Crippen LogP contribution < -0.4 is 0 Å². The monoisotopic (exact) mass is 480 g/mol. The quantitative estimate of drug-likeness (QED) is 0.407. The molecule has 2 heterocycles. The Morgan fingerprint density at radius 1 is 1.12 bits per heavy atom. The fraction of sp³-hybridized carbons (Fsp3) is 0.273. The topological polar surface area (TPSA) is 94.0 Å². The van der Waals surface area contributed by atoms with Crippen LogP contribution in [0.1, 0.15) is 42.9 Å². The molecule has 0 fully saturated rings. The van der Waals surface area contributed by atoms with Gasteiger partial charge in [0.05, 0.1) is 11.0 Å². The molecule has 0 aliphatic rings. The van der Waals surface area contributed by atoms with Crippen molar-refractivity contribution in [3.63, 3.8) is 0 Å². The van der Waals surface area contributed by atoms with Crippen molar-refractivity contribution in [3.8, 4) is 0 Å². The third-order valence-electron chi connectivity index (χ3n) is 4.55. The van der Waals surface area contributed by atoms with Crippen LogP contribution in [0.2, 0.25) is 5.02 Å². The van der Waals surface area contributed by atoms with E-state index < -0.39 is 12.1 Å². The van der Waals surface area contributed by atoms with Crippen molar-refractivity contribution in [2.75, 3.05) is 0 Å². The zero-order valence-electron chi connectivity index (χ0n) is 17.7. The van der Waals surface area contributed by atoms with Gasteiger partial charge in [0, 0.05) is 17.4 Å². The van der Waals surface area contributed by atoms with E-state index >= 15 is 0 Å². The average Bonchev–Trinajstić information content (AvgIpc) is 3.34. The first kappa shape index (κ1) is 24.2. The number of carboxylic acids is 1. The molecule has 174 valence electrons. The summed E-state index contributed by atoms with van der Waals surface area (Å²) in [6.45, 7) is 4.77. The summed E-state index contributed by atoms with van der Waals surface area (Å²) in [7, 11) is 0. The number of imidazole rings is 1. The van der Waals surface area contributed by atoms with E-state index in [0.29, 0.717) is 35.6 Å². The van der Waals surface area contributed by atoms with E-state index in [9.17, 15) is 13.2 Å². The van der Waals surface area contributed by atoms with Gasteiger partial charge in [0.25, 0.3) is 0 Å². The summed E-state index contributed by atoms with van der Waals surface area (Å²) < 4.78 is 39.4. The van der Waals surface area contributed by atoms with Gasteiger partial charge in [0.1, 0.15) is 12.4 Å². The number of rotatable bonds is 5. The van der Waals surface area contributed by atoms with Crippen molar-refractivity contribution < 1.29 is 27.6 Å². The van der Waals surface area contributed by atoms with Crippen molar-refractivity contribution in [2.45, 2.75) is 38.9 Å². The van der Waals surface area contributed by atoms with Crippen LogP contribution in [0.4, 0.5) is 13.2 Å². The van der Waals surface area contributed by atoms with Gasteiger partial charge in [-0.25, -0.2) is 9.78 Å². The number of carbonyl (C=O) groups is 1. The Bertz CT molecular complexity index is 1250. The van der Waals surface area contributed by atoms with E-state index in [2.05, 4.69) is 34.6 Å². The van der Waals surface area contributed by atoms with Gasteiger partial charge >= 0.3 is 12.1 Å². The van der Waals surface area contributed by atoms with Crippen LogP contribution in [0, 0.1) is 0 Å². The molecule has 11 heteroatoms. The Kier molecular flexibility index (Phi) is 7.37. The molecule has 2 aromatic heterocycles. The smallest absolute Gasteiger partial charge is 0.475 e. The maximum atomic E-state index is 10.6. The number of carboxylic acid groups (broad SMARTS) is 1. The maximum absolute atomic E-state index is 10.6. The highest BCUT2D eigenvalue weighted by Gasteiger charge is 2.38. The Morgan fingerprint density at radius 3 is 2.39 bits per heavy atom. The zero-order chi connectivity index (χ0) is 24.2. The van der Waals surface area contributed by atoms with Crippen LogP contribution in [0.3, 0.4) is 0 Å². The maximum Gasteiger partial charge on any atom is 0.490 e. The van der Waals surface area contributed by atoms with E-state index in [-0.39, 0.29) is 0 Å². The largest absolute Gasteiger partial charge is 0.490 e.